The van der Waals surface area contributed by atoms with E-state index in [-0.39, 0.29) is 17.3 Å². The van der Waals surface area contributed by atoms with Crippen molar-refractivity contribution in [3.8, 4) is 5.75 Å². The number of carbonyl (C=O) groups is 1. The zero-order valence-electron chi connectivity index (χ0n) is 13.5. The summed E-state index contributed by atoms with van der Waals surface area (Å²) < 4.78 is 6.80. The molecule has 1 aromatic carbocycles. The molecule has 0 aliphatic carbocycles. The number of rotatable bonds is 7. The largest absolute Gasteiger partial charge is 0.497 e. The number of thiazole rings is 1. The van der Waals surface area contributed by atoms with Gasteiger partial charge < -0.3 is 14.6 Å². The summed E-state index contributed by atoms with van der Waals surface area (Å²) in [5.74, 6) is 0.656. The predicted molar refractivity (Wildman–Crippen MR) is 92.4 cm³/mol. The van der Waals surface area contributed by atoms with E-state index >= 15 is 0 Å². The van der Waals surface area contributed by atoms with Crippen LogP contribution in [0.5, 0.6) is 5.75 Å². The Morgan fingerprint density at radius 3 is 2.61 bits per heavy atom. The van der Waals surface area contributed by atoms with Crippen LogP contribution in [0.4, 0.5) is 5.69 Å². The van der Waals surface area contributed by atoms with Crippen LogP contribution in [0.1, 0.15) is 5.69 Å². The Kier molecular flexibility index (Phi) is 5.95. The van der Waals surface area contributed by atoms with Crippen molar-refractivity contribution in [2.24, 2.45) is 0 Å². The highest BCUT2D eigenvalue weighted by Gasteiger charge is 2.09. The Morgan fingerprint density at radius 1 is 1.35 bits per heavy atom. The zero-order chi connectivity index (χ0) is 16.8. The van der Waals surface area contributed by atoms with Crippen LogP contribution in [-0.4, -0.2) is 42.6 Å². The van der Waals surface area contributed by atoms with Gasteiger partial charge in [-0.05, 0) is 38.2 Å². The van der Waals surface area contributed by atoms with E-state index in [0.717, 1.165) is 17.1 Å². The number of anilines is 1. The highest BCUT2D eigenvalue weighted by Crippen LogP contribution is 2.14. The standard InChI is InChI=1S/C16H21N3O3S/c1-12-11-23-16(21)19(12)9-8-18(2)10-15(20)17-13-4-6-14(22-3)7-5-13/h4-7,11H,8-10H2,1-3H3,(H,17,20). The van der Waals surface area contributed by atoms with Crippen molar-refractivity contribution in [3.63, 3.8) is 0 Å². The number of nitrogens with one attached hydrogen (secondary N) is 1. The first kappa shape index (κ1) is 17.2. The second kappa shape index (κ2) is 7.94. The molecule has 1 N–H and O–H groups in total. The van der Waals surface area contributed by atoms with Gasteiger partial charge in [0.2, 0.25) is 5.91 Å². The highest BCUT2D eigenvalue weighted by atomic mass is 32.1. The van der Waals surface area contributed by atoms with Gasteiger partial charge in [-0.1, -0.05) is 11.3 Å². The summed E-state index contributed by atoms with van der Waals surface area (Å²) in [6, 6.07) is 7.19. The molecule has 1 heterocycles. The lowest BCUT2D eigenvalue weighted by atomic mass is 10.3. The minimum absolute atomic E-state index is 0.0404. The molecule has 1 aromatic heterocycles. The minimum atomic E-state index is -0.0907. The fourth-order valence-corrected chi connectivity index (χ4v) is 2.91. The molecule has 6 nitrogen and oxygen atoms in total. The van der Waals surface area contributed by atoms with Gasteiger partial charge in [0, 0.05) is 29.9 Å². The molecule has 0 aliphatic rings. The molecule has 0 radical (unpaired) electrons. The summed E-state index contributed by atoms with van der Waals surface area (Å²) in [6.45, 7) is 3.40. The summed E-state index contributed by atoms with van der Waals surface area (Å²) in [7, 11) is 3.46. The molecule has 0 bridgehead atoms. The number of ether oxygens (including phenoxy) is 1. The Hall–Kier alpha value is -2.12. The van der Waals surface area contributed by atoms with Gasteiger partial charge in [-0.25, -0.2) is 0 Å². The van der Waals surface area contributed by atoms with Crippen LogP contribution in [-0.2, 0) is 11.3 Å². The fraction of sp³-hybridized carbons (Fsp3) is 0.375. The van der Waals surface area contributed by atoms with E-state index in [0.29, 0.717) is 13.1 Å². The van der Waals surface area contributed by atoms with Gasteiger partial charge in [0.05, 0.1) is 13.7 Å². The fourth-order valence-electron chi connectivity index (χ4n) is 2.14. The van der Waals surface area contributed by atoms with Crippen molar-refractivity contribution in [1.82, 2.24) is 9.47 Å². The lowest BCUT2D eigenvalue weighted by Crippen LogP contribution is -2.33. The molecule has 7 heteroatoms. The van der Waals surface area contributed by atoms with Crippen LogP contribution in [0.15, 0.2) is 34.4 Å². The molecule has 23 heavy (non-hydrogen) atoms. The molecule has 2 aromatic rings. The second-order valence-electron chi connectivity index (χ2n) is 5.31. The first-order valence-electron chi connectivity index (χ1n) is 7.27. The quantitative estimate of drug-likeness (QED) is 0.838. The van der Waals surface area contributed by atoms with Gasteiger partial charge in [-0.15, -0.1) is 0 Å². The summed E-state index contributed by atoms with van der Waals surface area (Å²) in [5, 5.41) is 4.68. The molecular formula is C16H21N3O3S. The molecule has 2 rings (SSSR count). The van der Waals surface area contributed by atoms with Crippen molar-refractivity contribution in [3.05, 3.63) is 45.0 Å². The van der Waals surface area contributed by atoms with E-state index in [1.165, 1.54) is 11.3 Å². The van der Waals surface area contributed by atoms with Crippen LogP contribution < -0.4 is 14.9 Å². The Bertz CT molecular complexity index is 706. The number of benzene rings is 1. The third kappa shape index (κ3) is 4.94. The Labute approximate surface area is 139 Å². The van der Waals surface area contributed by atoms with Gasteiger partial charge in [0.1, 0.15) is 5.75 Å². The zero-order valence-corrected chi connectivity index (χ0v) is 14.4. The number of aromatic nitrogens is 1. The van der Waals surface area contributed by atoms with Gasteiger partial charge in [-0.2, -0.15) is 0 Å². The molecule has 0 saturated carbocycles. The normalized spacial score (nSPS) is 10.8. The highest BCUT2D eigenvalue weighted by molar-refractivity contribution is 7.07. The second-order valence-corrected chi connectivity index (χ2v) is 6.13. The van der Waals surface area contributed by atoms with Crippen molar-refractivity contribution < 1.29 is 9.53 Å². The van der Waals surface area contributed by atoms with E-state index in [4.69, 9.17) is 4.74 Å². The molecule has 0 atom stereocenters. The van der Waals surface area contributed by atoms with Crippen LogP contribution in [0.2, 0.25) is 0 Å². The van der Waals surface area contributed by atoms with Crippen molar-refractivity contribution in [2.75, 3.05) is 32.6 Å². The lowest BCUT2D eigenvalue weighted by Gasteiger charge is -2.17. The van der Waals surface area contributed by atoms with Crippen LogP contribution in [0.25, 0.3) is 0 Å². The van der Waals surface area contributed by atoms with Gasteiger partial charge in [0.25, 0.3) is 0 Å². The number of carbonyl (C=O) groups excluding carboxylic acids is 1. The van der Waals surface area contributed by atoms with Gasteiger partial charge in [-0.3, -0.25) is 14.5 Å². The summed E-state index contributed by atoms with van der Waals surface area (Å²) >= 11 is 1.20. The summed E-state index contributed by atoms with van der Waals surface area (Å²) in [6.07, 6.45) is 0. The predicted octanol–water partition coefficient (Wildman–Crippen LogP) is 1.80. The Morgan fingerprint density at radius 2 is 2.04 bits per heavy atom. The van der Waals surface area contributed by atoms with Crippen molar-refractivity contribution in [2.45, 2.75) is 13.5 Å². The van der Waals surface area contributed by atoms with E-state index in [1.807, 2.05) is 24.3 Å². The smallest absolute Gasteiger partial charge is 0.307 e. The number of nitrogens with zero attached hydrogens (tertiary/aromatic N) is 2. The van der Waals surface area contributed by atoms with E-state index in [1.54, 1.807) is 35.9 Å². The van der Waals surface area contributed by atoms with Crippen LogP contribution in [0.3, 0.4) is 0 Å². The first-order chi connectivity index (χ1) is 11.0. The molecule has 0 fully saturated rings. The number of hydrogen-bond acceptors (Lipinski definition) is 5. The number of methoxy groups -OCH3 is 1. The molecule has 0 unspecified atom stereocenters. The van der Waals surface area contributed by atoms with E-state index in [9.17, 15) is 9.59 Å². The number of likely N-dealkylation sites (N-methyl/N-ethyl adjacent to an activating group) is 1. The maximum Gasteiger partial charge on any atom is 0.307 e. The van der Waals surface area contributed by atoms with Crippen LogP contribution >= 0.6 is 11.3 Å². The molecule has 0 saturated heterocycles. The molecular weight excluding hydrogens is 314 g/mol. The van der Waals surface area contributed by atoms with Gasteiger partial charge >= 0.3 is 4.87 Å². The Balaban J connectivity index is 1.81. The molecule has 0 aliphatic heterocycles. The summed E-state index contributed by atoms with van der Waals surface area (Å²) in [4.78, 5) is 25.6. The van der Waals surface area contributed by atoms with E-state index in [2.05, 4.69) is 5.32 Å². The molecule has 1 amide bonds. The number of aryl methyl sites for hydroxylation is 1. The van der Waals surface area contributed by atoms with E-state index < -0.39 is 0 Å². The third-order valence-electron chi connectivity index (χ3n) is 3.47. The lowest BCUT2D eigenvalue weighted by molar-refractivity contribution is -0.117. The van der Waals surface area contributed by atoms with Crippen molar-refractivity contribution in [1.29, 1.82) is 0 Å². The van der Waals surface area contributed by atoms with Gasteiger partial charge in [0.15, 0.2) is 0 Å². The number of amides is 1. The summed E-state index contributed by atoms with van der Waals surface area (Å²) in [5.41, 5.74) is 1.69. The van der Waals surface area contributed by atoms with Crippen LogP contribution in [0, 0.1) is 6.92 Å². The first-order valence-corrected chi connectivity index (χ1v) is 8.15. The maximum atomic E-state index is 12.0. The third-order valence-corrected chi connectivity index (χ3v) is 4.35. The van der Waals surface area contributed by atoms with Crippen molar-refractivity contribution >= 4 is 22.9 Å². The SMILES string of the molecule is COc1ccc(NC(=O)CN(C)CCn2c(C)csc2=O)cc1. The monoisotopic (exact) mass is 335 g/mol. The average Bonchev–Trinajstić information content (AvgIpc) is 2.84. The minimum Gasteiger partial charge on any atom is -0.497 e. The average molecular weight is 335 g/mol. The maximum absolute atomic E-state index is 12.0. The molecule has 124 valence electrons. The molecule has 0 spiro atoms. The number of hydrogen-bond donors (Lipinski definition) is 1. The topological polar surface area (TPSA) is 63.6 Å².